The number of aromatic amines is 1. The fraction of sp³-hybridized carbons (Fsp3) is 0.111. The number of aryl methyl sites for hydroxylation is 1. The maximum absolute atomic E-state index is 12.6. The minimum absolute atomic E-state index is 0.156. The van der Waals surface area contributed by atoms with Crippen molar-refractivity contribution in [2.45, 2.75) is 11.8 Å². The predicted octanol–water partition coefficient (Wildman–Crippen LogP) is 2.13. The molecule has 0 aliphatic rings. The summed E-state index contributed by atoms with van der Waals surface area (Å²) >= 11 is 0. The summed E-state index contributed by atoms with van der Waals surface area (Å²) in [7, 11) is -2.13. The first kappa shape index (κ1) is 17.8. The van der Waals surface area contributed by atoms with Gasteiger partial charge in [0.05, 0.1) is 21.8 Å². The largest absolute Gasteiger partial charge is 0.295 e. The Morgan fingerprint density at radius 2 is 1.73 bits per heavy atom. The first-order chi connectivity index (χ1) is 12.4. The Morgan fingerprint density at radius 1 is 1.08 bits per heavy atom. The second-order valence-electron chi connectivity index (χ2n) is 5.59. The van der Waals surface area contributed by atoms with E-state index >= 15 is 0 Å². The van der Waals surface area contributed by atoms with Crippen LogP contribution in [0.4, 0.5) is 5.69 Å². The van der Waals surface area contributed by atoms with E-state index < -0.39 is 10.0 Å². The molecule has 0 fully saturated rings. The number of benzene rings is 2. The Hall–Kier alpha value is -2.97. The summed E-state index contributed by atoms with van der Waals surface area (Å²) in [6, 6.07) is 15.3. The van der Waals surface area contributed by atoms with Gasteiger partial charge >= 0.3 is 0 Å². The Labute approximate surface area is 151 Å². The number of hydrogen-bond donors (Lipinski definition) is 2. The minimum atomic E-state index is -3.48. The number of H-pyrrole nitrogens is 1. The lowest BCUT2D eigenvalue weighted by molar-refractivity contribution is 0.588. The van der Waals surface area contributed by atoms with Crippen molar-refractivity contribution in [3.63, 3.8) is 0 Å². The van der Waals surface area contributed by atoms with Gasteiger partial charge in [-0.2, -0.15) is 0 Å². The predicted molar refractivity (Wildman–Crippen MR) is 101 cm³/mol. The first-order valence-corrected chi connectivity index (χ1v) is 9.35. The van der Waals surface area contributed by atoms with E-state index in [-0.39, 0.29) is 10.5 Å². The van der Waals surface area contributed by atoms with Crippen LogP contribution < -0.4 is 10.3 Å². The van der Waals surface area contributed by atoms with Gasteiger partial charge in [-0.25, -0.2) is 17.8 Å². The lowest BCUT2D eigenvalue weighted by Gasteiger charge is -2.01. The summed E-state index contributed by atoms with van der Waals surface area (Å²) in [6.45, 7) is 1.80. The second kappa shape index (κ2) is 7.11. The molecular formula is C18H18N4O3S. The van der Waals surface area contributed by atoms with Crippen molar-refractivity contribution < 1.29 is 8.42 Å². The molecule has 134 valence electrons. The molecule has 3 rings (SSSR count). The molecule has 3 aromatic rings. The second-order valence-corrected chi connectivity index (χ2v) is 7.47. The fourth-order valence-corrected chi connectivity index (χ4v) is 3.17. The highest BCUT2D eigenvalue weighted by Crippen LogP contribution is 2.16. The van der Waals surface area contributed by atoms with Crippen LogP contribution in [-0.2, 0) is 10.0 Å². The Kier molecular flexibility index (Phi) is 4.88. The lowest BCUT2D eigenvalue weighted by atomic mass is 10.2. The molecule has 0 saturated heterocycles. The van der Waals surface area contributed by atoms with Crippen molar-refractivity contribution in [1.29, 1.82) is 0 Å². The van der Waals surface area contributed by atoms with Crippen molar-refractivity contribution >= 4 is 21.9 Å². The Morgan fingerprint density at radius 3 is 2.35 bits per heavy atom. The standard InChI is InChI=1S/C18H18N4O3S/c1-13-17(18(23)22(21-13)15-6-4-3-5-7-15)12-20-14-8-10-16(11-9-14)26(24,25)19-2/h3-12,19,21H,1-2H3. The van der Waals surface area contributed by atoms with E-state index in [2.05, 4.69) is 14.8 Å². The minimum Gasteiger partial charge on any atom is -0.295 e. The maximum atomic E-state index is 12.6. The molecule has 0 aliphatic heterocycles. The van der Waals surface area contributed by atoms with Gasteiger partial charge in [0.2, 0.25) is 10.0 Å². The molecule has 0 spiro atoms. The van der Waals surface area contributed by atoms with Gasteiger partial charge in [-0.3, -0.25) is 14.9 Å². The van der Waals surface area contributed by atoms with Crippen LogP contribution in [0.15, 0.2) is 69.3 Å². The van der Waals surface area contributed by atoms with Crippen molar-refractivity contribution in [2.75, 3.05) is 7.05 Å². The van der Waals surface area contributed by atoms with Crippen LogP contribution in [0.1, 0.15) is 11.3 Å². The van der Waals surface area contributed by atoms with E-state index in [0.717, 1.165) is 5.69 Å². The van der Waals surface area contributed by atoms with Gasteiger partial charge in [-0.05, 0) is 50.4 Å². The van der Waals surface area contributed by atoms with Crippen LogP contribution in [0, 0.1) is 6.92 Å². The van der Waals surface area contributed by atoms with Gasteiger partial charge in [0, 0.05) is 11.9 Å². The smallest absolute Gasteiger partial charge is 0.280 e. The average Bonchev–Trinajstić information content (AvgIpc) is 2.95. The van der Waals surface area contributed by atoms with Crippen LogP contribution in [0.25, 0.3) is 5.69 Å². The van der Waals surface area contributed by atoms with Crippen LogP contribution in [0.5, 0.6) is 0 Å². The highest BCUT2D eigenvalue weighted by Gasteiger charge is 2.11. The molecule has 26 heavy (non-hydrogen) atoms. The third kappa shape index (κ3) is 3.51. The monoisotopic (exact) mass is 370 g/mol. The summed E-state index contributed by atoms with van der Waals surface area (Å²) in [4.78, 5) is 17.0. The Balaban J connectivity index is 1.90. The zero-order chi connectivity index (χ0) is 18.7. The van der Waals surface area contributed by atoms with Gasteiger partial charge in [-0.1, -0.05) is 18.2 Å². The molecule has 2 N–H and O–H groups in total. The number of nitrogens with one attached hydrogen (secondary N) is 2. The molecular weight excluding hydrogens is 352 g/mol. The SMILES string of the molecule is CNS(=O)(=O)c1ccc(N=Cc2c(C)[nH]n(-c3ccccc3)c2=O)cc1. The number of aliphatic imine (C=N–C) groups is 1. The zero-order valence-corrected chi connectivity index (χ0v) is 15.1. The third-order valence-corrected chi connectivity index (χ3v) is 5.32. The number of rotatable bonds is 5. The van der Waals surface area contributed by atoms with E-state index in [0.29, 0.717) is 16.9 Å². The molecule has 0 unspecified atom stereocenters. The summed E-state index contributed by atoms with van der Waals surface area (Å²) < 4.78 is 27.2. The van der Waals surface area contributed by atoms with Gasteiger partial charge in [0.1, 0.15) is 0 Å². The van der Waals surface area contributed by atoms with Crippen LogP contribution in [0.2, 0.25) is 0 Å². The molecule has 0 atom stereocenters. The first-order valence-electron chi connectivity index (χ1n) is 7.87. The quantitative estimate of drug-likeness (QED) is 0.674. The molecule has 0 bridgehead atoms. The number of sulfonamides is 1. The normalized spacial score (nSPS) is 11.9. The molecule has 0 amide bonds. The maximum Gasteiger partial charge on any atom is 0.280 e. The topological polar surface area (TPSA) is 96.3 Å². The van der Waals surface area contributed by atoms with Crippen molar-refractivity contribution in [3.05, 3.63) is 76.2 Å². The molecule has 8 heteroatoms. The third-order valence-electron chi connectivity index (χ3n) is 3.89. The number of para-hydroxylation sites is 1. The van der Waals surface area contributed by atoms with E-state index in [1.165, 1.54) is 30.1 Å². The summed E-state index contributed by atoms with van der Waals surface area (Å²) in [5.41, 5.74) is 2.22. The fourth-order valence-electron chi connectivity index (χ4n) is 2.44. The molecule has 0 radical (unpaired) electrons. The summed E-state index contributed by atoms with van der Waals surface area (Å²) in [6.07, 6.45) is 1.48. The van der Waals surface area contributed by atoms with E-state index in [4.69, 9.17) is 0 Å². The summed E-state index contributed by atoms with van der Waals surface area (Å²) in [5, 5.41) is 3.03. The van der Waals surface area contributed by atoms with Crippen LogP contribution in [-0.4, -0.2) is 31.5 Å². The lowest BCUT2D eigenvalue weighted by Crippen LogP contribution is -2.18. The van der Waals surface area contributed by atoms with Crippen LogP contribution >= 0.6 is 0 Å². The van der Waals surface area contributed by atoms with Gasteiger partial charge < -0.3 is 0 Å². The molecule has 0 aliphatic carbocycles. The van der Waals surface area contributed by atoms with Gasteiger partial charge in [0.15, 0.2) is 0 Å². The summed E-state index contributed by atoms with van der Waals surface area (Å²) in [5.74, 6) is 0. The number of nitrogens with zero attached hydrogens (tertiary/aromatic N) is 2. The van der Waals surface area contributed by atoms with Crippen molar-refractivity contribution in [2.24, 2.45) is 4.99 Å². The molecule has 7 nitrogen and oxygen atoms in total. The molecule has 1 heterocycles. The van der Waals surface area contributed by atoms with E-state index in [9.17, 15) is 13.2 Å². The van der Waals surface area contributed by atoms with E-state index in [1.807, 2.05) is 30.3 Å². The van der Waals surface area contributed by atoms with Gasteiger partial charge in [0.25, 0.3) is 5.56 Å². The van der Waals surface area contributed by atoms with Crippen molar-refractivity contribution in [1.82, 2.24) is 14.5 Å². The van der Waals surface area contributed by atoms with Gasteiger partial charge in [-0.15, -0.1) is 0 Å². The van der Waals surface area contributed by atoms with Crippen LogP contribution in [0.3, 0.4) is 0 Å². The highest BCUT2D eigenvalue weighted by molar-refractivity contribution is 7.89. The Bertz CT molecular complexity index is 1100. The molecule has 0 saturated carbocycles. The highest BCUT2D eigenvalue weighted by atomic mass is 32.2. The zero-order valence-electron chi connectivity index (χ0n) is 14.3. The van der Waals surface area contributed by atoms with E-state index in [1.54, 1.807) is 19.1 Å². The molecule has 2 aromatic carbocycles. The van der Waals surface area contributed by atoms with Crippen molar-refractivity contribution in [3.8, 4) is 5.69 Å². The molecule has 1 aromatic heterocycles. The number of aromatic nitrogens is 2. The number of hydrogen-bond acceptors (Lipinski definition) is 4. The average molecular weight is 370 g/mol.